The Kier molecular flexibility index (Phi) is 5.07. The summed E-state index contributed by atoms with van der Waals surface area (Å²) in [4.78, 5) is 0. The SMILES string of the molecule is CC(C#N)CC(C)CCC1O[C@@H]2CC1(O)C[C@H]1OC3(CCCCC3)O[C@@H]21. The molecule has 2 bridgehead atoms. The maximum atomic E-state index is 11.2. The Hall–Kier alpha value is -0.670. The fraction of sp³-hybridized carbons (Fsp3) is 0.952. The molecule has 1 spiro atoms. The van der Waals surface area contributed by atoms with Crippen molar-refractivity contribution in [3.8, 4) is 6.07 Å². The Balaban J connectivity index is 1.35. The zero-order valence-electron chi connectivity index (χ0n) is 16.2. The first kappa shape index (κ1) is 18.7. The first-order valence-electron chi connectivity index (χ1n) is 10.6. The molecule has 1 N–H and O–H groups in total. The summed E-state index contributed by atoms with van der Waals surface area (Å²) in [6.45, 7) is 4.16. The van der Waals surface area contributed by atoms with Crippen LogP contribution in [0.3, 0.4) is 0 Å². The number of rotatable bonds is 5. The van der Waals surface area contributed by atoms with Crippen molar-refractivity contribution < 1.29 is 19.3 Å². The lowest BCUT2D eigenvalue weighted by Gasteiger charge is -2.34. The van der Waals surface area contributed by atoms with Crippen LogP contribution in [0.5, 0.6) is 0 Å². The van der Waals surface area contributed by atoms with Crippen molar-refractivity contribution >= 4 is 0 Å². The largest absolute Gasteiger partial charge is 0.387 e. The average molecular weight is 363 g/mol. The molecule has 0 aromatic carbocycles. The normalized spacial score (nSPS) is 43.0. The van der Waals surface area contributed by atoms with Gasteiger partial charge in [-0.3, -0.25) is 0 Å². The van der Waals surface area contributed by atoms with E-state index < -0.39 is 11.4 Å². The highest BCUT2D eigenvalue weighted by atomic mass is 16.8. The highest BCUT2D eigenvalue weighted by molar-refractivity contribution is 5.09. The number of hydrogen-bond donors (Lipinski definition) is 1. The standard InChI is InChI=1S/C21H33NO4/c1-14(10-15(2)13-22)6-7-18-20(23)11-16(24-18)19-17(12-20)25-21(26-19)8-4-3-5-9-21/h14-19,23H,3-12H2,1-2H3/t14?,15?,16-,17-,18?,19+,20?/m1/s1. The molecule has 4 fully saturated rings. The molecule has 2 aliphatic carbocycles. The first-order valence-corrected chi connectivity index (χ1v) is 10.6. The molecule has 0 aromatic rings. The molecule has 2 heterocycles. The number of ether oxygens (including phenoxy) is 3. The van der Waals surface area contributed by atoms with E-state index in [0.29, 0.717) is 18.8 Å². The number of fused-ring (bicyclic) bond motifs is 4. The lowest BCUT2D eigenvalue weighted by molar-refractivity contribution is -0.206. The van der Waals surface area contributed by atoms with Gasteiger partial charge >= 0.3 is 0 Å². The molecule has 0 radical (unpaired) electrons. The third-order valence-electron chi connectivity index (χ3n) is 7.01. The lowest BCUT2D eigenvalue weighted by atomic mass is 9.78. The summed E-state index contributed by atoms with van der Waals surface area (Å²) < 4.78 is 19.1. The van der Waals surface area contributed by atoms with E-state index in [9.17, 15) is 5.11 Å². The predicted molar refractivity (Wildman–Crippen MR) is 96.2 cm³/mol. The highest BCUT2D eigenvalue weighted by Gasteiger charge is 2.62. The van der Waals surface area contributed by atoms with Gasteiger partial charge in [-0.05, 0) is 44.9 Å². The Bertz CT molecular complexity index is 555. The van der Waals surface area contributed by atoms with Crippen LogP contribution in [0.25, 0.3) is 0 Å². The minimum Gasteiger partial charge on any atom is -0.387 e. The van der Waals surface area contributed by atoms with Crippen molar-refractivity contribution in [1.29, 1.82) is 5.26 Å². The van der Waals surface area contributed by atoms with Gasteiger partial charge in [0.25, 0.3) is 0 Å². The van der Waals surface area contributed by atoms with Crippen LogP contribution in [0.1, 0.15) is 78.1 Å². The van der Waals surface area contributed by atoms with E-state index in [1.165, 1.54) is 6.42 Å². The van der Waals surface area contributed by atoms with Gasteiger partial charge in [-0.15, -0.1) is 0 Å². The van der Waals surface area contributed by atoms with E-state index in [4.69, 9.17) is 19.5 Å². The summed E-state index contributed by atoms with van der Waals surface area (Å²) in [5.41, 5.74) is -0.782. The van der Waals surface area contributed by atoms with Crippen molar-refractivity contribution in [2.24, 2.45) is 11.8 Å². The highest BCUT2D eigenvalue weighted by Crippen LogP contribution is 2.52. The van der Waals surface area contributed by atoms with Gasteiger partial charge in [-0.1, -0.05) is 13.3 Å². The first-order chi connectivity index (χ1) is 12.4. The monoisotopic (exact) mass is 363 g/mol. The third-order valence-corrected chi connectivity index (χ3v) is 7.01. The Morgan fingerprint density at radius 1 is 1.12 bits per heavy atom. The minimum absolute atomic E-state index is 0.0191. The number of nitrogens with zero attached hydrogens (tertiary/aromatic N) is 1. The van der Waals surface area contributed by atoms with Gasteiger partial charge in [-0.2, -0.15) is 5.26 Å². The van der Waals surface area contributed by atoms with Crippen molar-refractivity contribution in [3.05, 3.63) is 0 Å². The molecular formula is C21H33NO4. The maximum absolute atomic E-state index is 11.2. The molecule has 4 aliphatic rings. The average Bonchev–Trinajstić information content (AvgIpc) is 3.09. The zero-order valence-corrected chi connectivity index (χ0v) is 16.2. The summed E-state index contributed by atoms with van der Waals surface area (Å²) in [6.07, 6.45) is 9.34. The van der Waals surface area contributed by atoms with Gasteiger partial charge < -0.3 is 19.3 Å². The van der Waals surface area contributed by atoms with E-state index in [1.54, 1.807) is 0 Å². The van der Waals surface area contributed by atoms with Crippen molar-refractivity contribution in [2.75, 3.05) is 0 Å². The zero-order chi connectivity index (χ0) is 18.4. The number of aliphatic hydroxyl groups is 1. The van der Waals surface area contributed by atoms with Gasteiger partial charge in [0.2, 0.25) is 0 Å². The number of hydrogen-bond acceptors (Lipinski definition) is 5. The molecule has 2 saturated heterocycles. The van der Waals surface area contributed by atoms with Crippen LogP contribution in [0.2, 0.25) is 0 Å². The molecule has 7 atom stereocenters. The smallest absolute Gasteiger partial charge is 0.169 e. The van der Waals surface area contributed by atoms with E-state index in [0.717, 1.165) is 44.9 Å². The van der Waals surface area contributed by atoms with Crippen LogP contribution in [0.4, 0.5) is 0 Å². The minimum atomic E-state index is -0.782. The lowest BCUT2D eigenvalue weighted by Crippen LogP contribution is -2.48. The van der Waals surface area contributed by atoms with Crippen LogP contribution in [0.15, 0.2) is 0 Å². The van der Waals surface area contributed by atoms with Gasteiger partial charge in [0.1, 0.15) is 6.10 Å². The maximum Gasteiger partial charge on any atom is 0.169 e. The molecular weight excluding hydrogens is 330 g/mol. The van der Waals surface area contributed by atoms with Gasteiger partial charge in [0.05, 0.1) is 30.0 Å². The Morgan fingerprint density at radius 2 is 1.85 bits per heavy atom. The van der Waals surface area contributed by atoms with Crippen molar-refractivity contribution in [2.45, 2.75) is 114 Å². The van der Waals surface area contributed by atoms with Crippen LogP contribution in [-0.4, -0.2) is 40.9 Å². The molecule has 2 saturated carbocycles. The number of nitriles is 1. The molecule has 26 heavy (non-hydrogen) atoms. The van der Waals surface area contributed by atoms with Crippen molar-refractivity contribution in [1.82, 2.24) is 0 Å². The molecule has 0 amide bonds. The van der Waals surface area contributed by atoms with E-state index in [-0.39, 0.29) is 30.3 Å². The van der Waals surface area contributed by atoms with Crippen LogP contribution < -0.4 is 0 Å². The van der Waals surface area contributed by atoms with Gasteiger partial charge in [-0.25, -0.2) is 0 Å². The Labute approximate surface area is 157 Å². The summed E-state index contributed by atoms with van der Waals surface area (Å²) in [5.74, 6) is 0.148. The molecule has 146 valence electrons. The quantitative estimate of drug-likeness (QED) is 0.806. The van der Waals surface area contributed by atoms with Gasteiger partial charge in [0.15, 0.2) is 5.79 Å². The second kappa shape index (κ2) is 7.05. The molecule has 0 aromatic heterocycles. The van der Waals surface area contributed by atoms with E-state index in [2.05, 4.69) is 13.0 Å². The topological polar surface area (TPSA) is 71.7 Å². The second-order valence-corrected chi connectivity index (χ2v) is 9.33. The molecule has 5 nitrogen and oxygen atoms in total. The van der Waals surface area contributed by atoms with Crippen LogP contribution in [-0.2, 0) is 14.2 Å². The molecule has 4 rings (SSSR count). The van der Waals surface area contributed by atoms with Crippen molar-refractivity contribution in [3.63, 3.8) is 0 Å². The third kappa shape index (κ3) is 3.42. The summed E-state index contributed by atoms with van der Waals surface area (Å²) in [6, 6.07) is 2.31. The second-order valence-electron chi connectivity index (χ2n) is 9.33. The van der Waals surface area contributed by atoms with Crippen LogP contribution in [0, 0.1) is 23.2 Å². The summed E-state index contributed by atoms with van der Waals surface area (Å²) >= 11 is 0. The summed E-state index contributed by atoms with van der Waals surface area (Å²) in [7, 11) is 0. The van der Waals surface area contributed by atoms with Crippen LogP contribution >= 0.6 is 0 Å². The summed E-state index contributed by atoms with van der Waals surface area (Å²) in [5, 5.41) is 20.2. The van der Waals surface area contributed by atoms with Gasteiger partial charge in [0, 0.05) is 31.6 Å². The Morgan fingerprint density at radius 3 is 2.58 bits per heavy atom. The van der Waals surface area contributed by atoms with E-state index >= 15 is 0 Å². The van der Waals surface area contributed by atoms with E-state index in [1.807, 2.05) is 6.92 Å². The fourth-order valence-electron chi connectivity index (χ4n) is 5.66. The molecule has 2 aliphatic heterocycles. The molecule has 5 heteroatoms. The molecule has 4 unspecified atom stereocenters. The predicted octanol–water partition coefficient (Wildman–Crippen LogP) is 3.69. The fourth-order valence-corrected chi connectivity index (χ4v) is 5.66.